The zero-order valence-electron chi connectivity index (χ0n) is 12.6. The van der Waals surface area contributed by atoms with Gasteiger partial charge < -0.3 is 28.7 Å². The molecule has 0 saturated heterocycles. The van der Waals surface area contributed by atoms with Crippen LogP contribution in [0.3, 0.4) is 0 Å². The first-order chi connectivity index (χ1) is 9.99. The van der Waals surface area contributed by atoms with Crippen LogP contribution in [0.1, 0.15) is 6.92 Å². The second-order valence-electron chi connectivity index (χ2n) is 3.24. The van der Waals surface area contributed by atoms with Gasteiger partial charge in [0.05, 0.1) is 6.17 Å². The molecule has 0 spiro atoms. The van der Waals surface area contributed by atoms with Crippen molar-refractivity contribution in [3.05, 3.63) is 38.0 Å². The fraction of sp³-hybridized carbons (Fsp3) is 0.250. The summed E-state index contributed by atoms with van der Waals surface area (Å²) in [5, 5.41) is 0. The Kier molecular flexibility index (Phi) is 26.2. The summed E-state index contributed by atoms with van der Waals surface area (Å²) in [7, 11) is 0. The normalized spacial score (nSPS) is 9.14. The Morgan fingerprint density at radius 2 is 1.05 bits per heavy atom. The standard InChI is InChI=1S/C3H11N3O.3C3H5NO/c1-2(7-6)3(4)5;3*1-2-3(4)5/h2-3H,4-6H2,1H3;3*2H,1H2,(H2,4,5). The van der Waals surface area contributed by atoms with Gasteiger partial charge in [-0.2, -0.15) is 0 Å². The monoisotopic (exact) mass is 318 g/mol. The summed E-state index contributed by atoms with van der Waals surface area (Å²) >= 11 is 0. The summed E-state index contributed by atoms with van der Waals surface area (Å²) in [4.78, 5) is 32.7. The van der Waals surface area contributed by atoms with Crippen molar-refractivity contribution in [2.45, 2.75) is 19.2 Å². The number of primary amides is 3. The van der Waals surface area contributed by atoms with Crippen molar-refractivity contribution in [3.8, 4) is 0 Å². The number of rotatable bonds is 5. The molecule has 0 aliphatic carbocycles. The Bertz CT molecular complexity index is 315. The Morgan fingerprint density at radius 1 is 0.864 bits per heavy atom. The molecule has 10 heteroatoms. The largest absolute Gasteiger partial charge is 0.366 e. The van der Waals surface area contributed by atoms with Crippen molar-refractivity contribution < 1.29 is 19.2 Å². The fourth-order valence-electron chi connectivity index (χ4n) is 0.0907. The van der Waals surface area contributed by atoms with Crippen molar-refractivity contribution in [1.29, 1.82) is 0 Å². The molecular formula is C12H26N6O4. The van der Waals surface area contributed by atoms with Crippen LogP contribution in [-0.2, 0) is 19.2 Å². The Hall–Kier alpha value is -2.53. The van der Waals surface area contributed by atoms with Crippen molar-refractivity contribution in [2.24, 2.45) is 34.6 Å². The summed E-state index contributed by atoms with van der Waals surface area (Å²) in [6.07, 6.45) is 2.42. The number of nitrogens with two attached hydrogens (primary N) is 6. The summed E-state index contributed by atoms with van der Waals surface area (Å²) < 4.78 is 0. The van der Waals surface area contributed by atoms with Crippen molar-refractivity contribution >= 4 is 17.7 Å². The minimum atomic E-state index is -0.481. The van der Waals surface area contributed by atoms with Gasteiger partial charge in [-0.05, 0) is 25.2 Å². The quantitative estimate of drug-likeness (QED) is 0.181. The van der Waals surface area contributed by atoms with Gasteiger partial charge in [-0.25, -0.2) is 5.90 Å². The van der Waals surface area contributed by atoms with E-state index in [1.54, 1.807) is 6.92 Å². The number of hydrogen-bond donors (Lipinski definition) is 6. The van der Waals surface area contributed by atoms with Crippen LogP contribution >= 0.6 is 0 Å². The highest BCUT2D eigenvalue weighted by Crippen LogP contribution is 1.81. The van der Waals surface area contributed by atoms with Gasteiger partial charge in [0, 0.05) is 0 Å². The minimum Gasteiger partial charge on any atom is -0.366 e. The van der Waals surface area contributed by atoms with Crippen LogP contribution in [0, 0.1) is 0 Å². The summed E-state index contributed by atoms with van der Waals surface area (Å²) in [6.45, 7) is 11.0. The third-order valence-corrected chi connectivity index (χ3v) is 1.36. The second-order valence-corrected chi connectivity index (χ2v) is 3.24. The van der Waals surface area contributed by atoms with Gasteiger partial charge in [0.1, 0.15) is 6.10 Å². The summed E-state index contributed by atoms with van der Waals surface area (Å²) in [5.74, 6) is 3.27. The van der Waals surface area contributed by atoms with Crippen LogP contribution in [0.5, 0.6) is 0 Å². The van der Waals surface area contributed by atoms with E-state index in [-0.39, 0.29) is 6.10 Å². The average Bonchev–Trinajstić information content (AvgIpc) is 2.47. The lowest BCUT2D eigenvalue weighted by atomic mass is 10.3. The third kappa shape index (κ3) is 52.8. The second kappa shape index (κ2) is 20.8. The van der Waals surface area contributed by atoms with Gasteiger partial charge in [0.15, 0.2) is 0 Å². The van der Waals surface area contributed by atoms with Crippen LogP contribution in [0.25, 0.3) is 0 Å². The lowest BCUT2D eigenvalue weighted by molar-refractivity contribution is -0.114. The summed E-state index contributed by atoms with van der Waals surface area (Å²) in [6, 6.07) is 0. The molecule has 3 amide bonds. The smallest absolute Gasteiger partial charge is 0.240 e. The predicted molar refractivity (Wildman–Crippen MR) is 85.1 cm³/mol. The maximum Gasteiger partial charge on any atom is 0.240 e. The lowest BCUT2D eigenvalue weighted by Gasteiger charge is -2.10. The van der Waals surface area contributed by atoms with E-state index in [9.17, 15) is 14.4 Å². The lowest BCUT2D eigenvalue weighted by Crippen LogP contribution is -2.43. The fourth-order valence-corrected chi connectivity index (χ4v) is 0.0907. The van der Waals surface area contributed by atoms with Crippen molar-refractivity contribution in [1.82, 2.24) is 0 Å². The van der Waals surface area contributed by atoms with Crippen LogP contribution in [0.15, 0.2) is 38.0 Å². The van der Waals surface area contributed by atoms with Gasteiger partial charge in [0.25, 0.3) is 0 Å². The maximum absolute atomic E-state index is 9.47. The molecule has 12 N–H and O–H groups in total. The number of carbonyl (C=O) groups is 3. The van der Waals surface area contributed by atoms with Crippen molar-refractivity contribution in [2.75, 3.05) is 0 Å². The van der Waals surface area contributed by atoms with Crippen LogP contribution in [0.4, 0.5) is 0 Å². The van der Waals surface area contributed by atoms with Crippen molar-refractivity contribution in [3.63, 3.8) is 0 Å². The molecule has 0 rings (SSSR count). The zero-order chi connectivity index (χ0) is 18.7. The van der Waals surface area contributed by atoms with Gasteiger partial charge in [-0.15, -0.1) is 0 Å². The first-order valence-corrected chi connectivity index (χ1v) is 5.62. The first-order valence-electron chi connectivity index (χ1n) is 5.62. The average molecular weight is 318 g/mol. The van der Waals surface area contributed by atoms with Gasteiger partial charge in [-0.1, -0.05) is 19.7 Å². The van der Waals surface area contributed by atoms with E-state index in [4.69, 9.17) is 17.4 Å². The molecule has 0 aromatic heterocycles. The first kappa shape index (κ1) is 27.8. The third-order valence-electron chi connectivity index (χ3n) is 1.36. The molecule has 128 valence electrons. The molecule has 0 aliphatic heterocycles. The molecule has 10 nitrogen and oxygen atoms in total. The molecule has 0 fully saturated rings. The zero-order valence-corrected chi connectivity index (χ0v) is 12.6. The molecule has 0 saturated carbocycles. The van der Waals surface area contributed by atoms with Crippen LogP contribution in [0.2, 0.25) is 0 Å². The summed E-state index contributed by atoms with van der Waals surface area (Å²) in [5.41, 5.74) is 23.8. The van der Waals surface area contributed by atoms with E-state index in [0.717, 1.165) is 18.2 Å². The topological polar surface area (TPSA) is 217 Å². The van der Waals surface area contributed by atoms with Gasteiger partial charge >= 0.3 is 0 Å². The molecule has 0 bridgehead atoms. The highest BCUT2D eigenvalue weighted by molar-refractivity contribution is 5.85. The number of carbonyl (C=O) groups excluding carboxylic acids is 3. The molecule has 1 unspecified atom stereocenters. The SMILES string of the molecule is C=CC(N)=O.C=CC(N)=O.C=CC(N)=O.CC(ON)C(N)N. The maximum atomic E-state index is 9.47. The van der Waals surface area contributed by atoms with E-state index in [0.29, 0.717) is 0 Å². The minimum absolute atomic E-state index is 0.264. The van der Waals surface area contributed by atoms with E-state index < -0.39 is 23.9 Å². The molecule has 0 aliphatic rings. The number of hydrogen-bond acceptors (Lipinski definition) is 7. The Labute approximate surface area is 129 Å². The highest BCUT2D eigenvalue weighted by atomic mass is 16.6. The number of amides is 3. The Morgan fingerprint density at radius 3 is 1.05 bits per heavy atom. The molecule has 22 heavy (non-hydrogen) atoms. The Balaban J connectivity index is -0.0000000995. The van der Waals surface area contributed by atoms with Crippen LogP contribution in [-0.4, -0.2) is 30.0 Å². The molecule has 1 atom stereocenters. The van der Waals surface area contributed by atoms with Crippen LogP contribution < -0.4 is 34.6 Å². The van der Waals surface area contributed by atoms with E-state index in [1.165, 1.54) is 0 Å². The highest BCUT2D eigenvalue weighted by Gasteiger charge is 2.03. The molecule has 0 aromatic carbocycles. The molecule has 0 aromatic rings. The van der Waals surface area contributed by atoms with E-state index in [2.05, 4.69) is 41.8 Å². The van der Waals surface area contributed by atoms with Gasteiger partial charge in [0.2, 0.25) is 17.7 Å². The van der Waals surface area contributed by atoms with Gasteiger partial charge in [-0.3, -0.25) is 19.2 Å². The molecule has 0 radical (unpaired) electrons. The molecular weight excluding hydrogens is 292 g/mol. The predicted octanol–water partition coefficient (Wildman–Crippen LogP) is -2.52. The molecule has 0 heterocycles. The van der Waals surface area contributed by atoms with E-state index in [1.807, 2.05) is 0 Å². The van der Waals surface area contributed by atoms with E-state index >= 15 is 0 Å².